The number of benzene rings is 2. The Balaban J connectivity index is 0.000000141. The third kappa shape index (κ3) is 4.23. The topological polar surface area (TPSA) is 9.86 Å². The normalized spacial score (nSPS) is 10.0. The van der Waals surface area contributed by atoms with Crippen molar-refractivity contribution in [2.24, 2.45) is 0 Å². The van der Waals surface area contributed by atoms with Gasteiger partial charge in [-0.25, -0.2) is 4.39 Å². The maximum Gasteiger partial charge on any atom is 0.147 e. The van der Waals surface area contributed by atoms with Crippen LogP contribution in [0.1, 0.15) is 5.56 Å². The molecule has 0 radical (unpaired) electrons. The monoisotopic (exact) mass is 318 g/mol. The average Bonchev–Trinajstić information content (AvgIpc) is 3.31. The molecule has 4 aromatic rings. The Morgan fingerprint density at radius 3 is 1.88 bits per heavy atom. The van der Waals surface area contributed by atoms with E-state index in [0.29, 0.717) is 5.69 Å². The van der Waals surface area contributed by atoms with Crippen LogP contribution in [0.2, 0.25) is 0 Å². The number of aromatic nitrogens is 2. The minimum absolute atomic E-state index is 0.200. The van der Waals surface area contributed by atoms with Crippen LogP contribution in [0, 0.1) is 5.82 Å². The van der Waals surface area contributed by atoms with E-state index in [1.165, 1.54) is 11.6 Å². The predicted molar refractivity (Wildman–Crippen MR) is 95.7 cm³/mol. The van der Waals surface area contributed by atoms with E-state index in [1.54, 1.807) is 16.7 Å². The van der Waals surface area contributed by atoms with Crippen molar-refractivity contribution in [3.63, 3.8) is 0 Å². The van der Waals surface area contributed by atoms with Crippen molar-refractivity contribution in [2.75, 3.05) is 0 Å². The first kappa shape index (κ1) is 15.8. The van der Waals surface area contributed by atoms with Gasteiger partial charge in [0.15, 0.2) is 0 Å². The highest BCUT2D eigenvalue weighted by Gasteiger charge is 1.99. The maximum atomic E-state index is 13.1. The number of rotatable bonds is 3. The van der Waals surface area contributed by atoms with Crippen LogP contribution in [0.25, 0.3) is 5.69 Å². The molecule has 0 aliphatic carbocycles. The van der Waals surface area contributed by atoms with Gasteiger partial charge in [-0.05, 0) is 42.0 Å². The summed E-state index contributed by atoms with van der Waals surface area (Å²) in [5.74, 6) is -0.200. The lowest BCUT2D eigenvalue weighted by molar-refractivity contribution is 0.618. The second-order valence-electron chi connectivity index (χ2n) is 5.38. The third-order valence-corrected chi connectivity index (χ3v) is 3.61. The molecule has 0 unspecified atom stereocenters. The summed E-state index contributed by atoms with van der Waals surface area (Å²) in [6.45, 7) is 0.966. The largest absolute Gasteiger partial charge is 0.350 e. The summed E-state index contributed by atoms with van der Waals surface area (Å²) in [6.07, 6.45) is 7.79. The summed E-state index contributed by atoms with van der Waals surface area (Å²) >= 11 is 0. The molecule has 120 valence electrons. The Morgan fingerprint density at radius 1 is 0.625 bits per heavy atom. The minimum Gasteiger partial charge on any atom is -0.350 e. The predicted octanol–water partition coefficient (Wildman–Crippen LogP) is 5.15. The van der Waals surface area contributed by atoms with Gasteiger partial charge in [-0.2, -0.15) is 0 Å². The quantitative estimate of drug-likeness (QED) is 0.494. The van der Waals surface area contributed by atoms with E-state index in [-0.39, 0.29) is 5.82 Å². The molecule has 0 spiro atoms. The molecule has 2 aromatic heterocycles. The van der Waals surface area contributed by atoms with Gasteiger partial charge >= 0.3 is 0 Å². The Hall–Kier alpha value is -3.07. The van der Waals surface area contributed by atoms with Gasteiger partial charge in [0.1, 0.15) is 5.82 Å². The van der Waals surface area contributed by atoms with Crippen LogP contribution >= 0.6 is 0 Å². The number of halogens is 1. The summed E-state index contributed by atoms with van der Waals surface area (Å²) in [4.78, 5) is 0. The van der Waals surface area contributed by atoms with Crippen LogP contribution < -0.4 is 0 Å². The lowest BCUT2D eigenvalue weighted by atomic mass is 10.2. The van der Waals surface area contributed by atoms with E-state index in [4.69, 9.17) is 0 Å². The fourth-order valence-corrected chi connectivity index (χ4v) is 2.43. The van der Waals surface area contributed by atoms with Crippen molar-refractivity contribution in [1.29, 1.82) is 0 Å². The second kappa shape index (κ2) is 7.97. The van der Waals surface area contributed by atoms with Crippen LogP contribution in [-0.4, -0.2) is 9.13 Å². The molecule has 0 aliphatic heterocycles. The van der Waals surface area contributed by atoms with Gasteiger partial charge in [-0.1, -0.05) is 42.5 Å². The highest BCUT2D eigenvalue weighted by molar-refractivity contribution is 5.33. The van der Waals surface area contributed by atoms with Crippen LogP contribution in [0.4, 0.5) is 4.39 Å². The maximum absolute atomic E-state index is 13.1. The summed E-state index contributed by atoms with van der Waals surface area (Å²) in [7, 11) is 0. The van der Waals surface area contributed by atoms with Gasteiger partial charge < -0.3 is 9.13 Å². The first-order valence-electron chi connectivity index (χ1n) is 7.85. The molecule has 2 aromatic carbocycles. The number of nitrogens with zero attached hydrogens (tertiary/aromatic N) is 2. The lowest BCUT2D eigenvalue weighted by Crippen LogP contribution is -1.94. The molecule has 0 N–H and O–H groups in total. The molecular formula is C21H19FN2. The summed E-state index contributed by atoms with van der Waals surface area (Å²) in [6, 6.07) is 25.0. The molecule has 2 nitrogen and oxygen atoms in total. The van der Waals surface area contributed by atoms with E-state index >= 15 is 0 Å². The summed E-state index contributed by atoms with van der Waals surface area (Å²) in [5.41, 5.74) is 1.93. The molecule has 4 rings (SSSR count). The van der Waals surface area contributed by atoms with Gasteiger partial charge in [0, 0.05) is 31.3 Å². The third-order valence-electron chi connectivity index (χ3n) is 3.61. The molecule has 0 saturated carbocycles. The number of hydrogen-bond donors (Lipinski definition) is 0. The zero-order valence-corrected chi connectivity index (χ0v) is 13.3. The van der Waals surface area contributed by atoms with Gasteiger partial charge in [-0.3, -0.25) is 0 Å². The SMILES string of the molecule is Fc1ccccc1-n1cccc1.c1ccc(Cn2cccc2)cc1. The fourth-order valence-electron chi connectivity index (χ4n) is 2.43. The van der Waals surface area contributed by atoms with E-state index in [1.807, 2.05) is 48.8 Å². The molecule has 0 aliphatic rings. The number of para-hydroxylation sites is 1. The van der Waals surface area contributed by atoms with E-state index in [0.717, 1.165) is 6.54 Å². The highest BCUT2D eigenvalue weighted by Crippen LogP contribution is 2.11. The fraction of sp³-hybridized carbons (Fsp3) is 0.0476. The van der Waals surface area contributed by atoms with Gasteiger partial charge in [-0.15, -0.1) is 0 Å². The van der Waals surface area contributed by atoms with Crippen LogP contribution in [-0.2, 0) is 6.54 Å². The van der Waals surface area contributed by atoms with Gasteiger partial charge in [0.2, 0.25) is 0 Å². The van der Waals surface area contributed by atoms with Crippen molar-refractivity contribution >= 4 is 0 Å². The summed E-state index contributed by atoms with van der Waals surface area (Å²) < 4.78 is 17.0. The van der Waals surface area contributed by atoms with E-state index in [2.05, 4.69) is 41.2 Å². The number of hydrogen-bond acceptors (Lipinski definition) is 0. The average molecular weight is 318 g/mol. The summed E-state index contributed by atoms with van der Waals surface area (Å²) in [5, 5.41) is 0. The molecule has 0 fully saturated rings. The molecule has 24 heavy (non-hydrogen) atoms. The first-order chi connectivity index (χ1) is 11.8. The van der Waals surface area contributed by atoms with Gasteiger partial charge in [0.25, 0.3) is 0 Å². The van der Waals surface area contributed by atoms with E-state index in [9.17, 15) is 4.39 Å². The Bertz CT molecular complexity index is 835. The van der Waals surface area contributed by atoms with Crippen LogP contribution in [0.3, 0.4) is 0 Å². The standard InChI is InChI=1S/C11H11N.C10H8FN/c1-2-6-11(7-3-1)10-12-8-4-5-9-12;11-9-5-1-2-6-10(9)12-7-3-4-8-12/h1-9H,10H2;1-8H. The zero-order valence-electron chi connectivity index (χ0n) is 13.3. The Labute approximate surface area is 141 Å². The smallest absolute Gasteiger partial charge is 0.147 e. The van der Waals surface area contributed by atoms with Crippen molar-refractivity contribution < 1.29 is 4.39 Å². The van der Waals surface area contributed by atoms with E-state index < -0.39 is 0 Å². The highest BCUT2D eigenvalue weighted by atomic mass is 19.1. The van der Waals surface area contributed by atoms with Crippen molar-refractivity contribution in [2.45, 2.75) is 6.54 Å². The second-order valence-corrected chi connectivity index (χ2v) is 5.38. The van der Waals surface area contributed by atoms with Crippen LogP contribution in [0.15, 0.2) is 104 Å². The lowest BCUT2D eigenvalue weighted by Gasteiger charge is -2.02. The van der Waals surface area contributed by atoms with Crippen LogP contribution in [0.5, 0.6) is 0 Å². The molecular weight excluding hydrogens is 299 g/mol. The first-order valence-corrected chi connectivity index (χ1v) is 7.85. The molecule has 0 amide bonds. The van der Waals surface area contributed by atoms with Gasteiger partial charge in [0.05, 0.1) is 5.69 Å². The minimum atomic E-state index is -0.200. The van der Waals surface area contributed by atoms with Crippen molar-refractivity contribution in [1.82, 2.24) is 9.13 Å². The Kier molecular flexibility index (Phi) is 5.25. The molecule has 3 heteroatoms. The Morgan fingerprint density at radius 2 is 1.21 bits per heavy atom. The molecule has 0 saturated heterocycles. The zero-order chi connectivity index (χ0) is 16.6. The van der Waals surface area contributed by atoms with Crippen molar-refractivity contribution in [3.8, 4) is 5.69 Å². The molecule has 0 bridgehead atoms. The molecule has 0 atom stereocenters. The van der Waals surface area contributed by atoms with Crippen molar-refractivity contribution in [3.05, 3.63) is 115 Å². The molecule has 2 heterocycles.